The third-order valence-corrected chi connectivity index (χ3v) is 6.91. The molecule has 0 bridgehead atoms. The van der Waals surface area contributed by atoms with Crippen LogP contribution in [0.3, 0.4) is 0 Å². The number of halogens is 2. The topological polar surface area (TPSA) is 76.0 Å². The average Bonchev–Trinajstić information content (AvgIpc) is 3.14. The number of anilines is 2. The zero-order valence-corrected chi connectivity index (χ0v) is 20.8. The van der Waals surface area contributed by atoms with Gasteiger partial charge in [-0.05, 0) is 48.4 Å². The number of H-pyrrole nitrogens is 1. The number of nitrogens with one attached hydrogen (secondary N) is 1. The number of nitrogens with zero attached hydrogens (tertiary/aromatic N) is 4. The fraction of sp³-hybridized carbons (Fsp3) is 0.261. The predicted octanol–water partition coefficient (Wildman–Crippen LogP) is 5.75. The zero-order valence-electron chi connectivity index (χ0n) is 18.4. The fourth-order valence-electron chi connectivity index (χ4n) is 3.39. The minimum Gasteiger partial charge on any atom is -0.497 e. The summed E-state index contributed by atoms with van der Waals surface area (Å²) in [6, 6.07) is 13.0. The second kappa shape index (κ2) is 10.1. The number of ether oxygens (including phenoxy) is 1. The molecule has 0 spiro atoms. The van der Waals surface area contributed by atoms with Gasteiger partial charge >= 0.3 is 5.69 Å². The quantitative estimate of drug-likeness (QED) is 0.243. The highest BCUT2D eigenvalue weighted by Crippen LogP contribution is 2.31. The first kappa shape index (κ1) is 23.5. The molecule has 4 aromatic rings. The van der Waals surface area contributed by atoms with Crippen molar-refractivity contribution in [2.24, 2.45) is 0 Å². The largest absolute Gasteiger partial charge is 0.497 e. The molecule has 172 valence electrons. The second-order valence-electron chi connectivity index (χ2n) is 7.40. The number of rotatable bonds is 8. The summed E-state index contributed by atoms with van der Waals surface area (Å²) < 4.78 is 6.86. The highest BCUT2D eigenvalue weighted by atomic mass is 35.5. The molecule has 33 heavy (non-hydrogen) atoms. The highest BCUT2D eigenvalue weighted by Gasteiger charge is 2.19. The lowest BCUT2D eigenvalue weighted by Gasteiger charge is -2.20. The summed E-state index contributed by atoms with van der Waals surface area (Å²) in [6.45, 7) is 2.41. The Balaban J connectivity index is 1.82. The van der Waals surface area contributed by atoms with Crippen molar-refractivity contribution in [3.8, 4) is 5.75 Å². The number of aromatic nitrogens is 4. The van der Waals surface area contributed by atoms with E-state index in [9.17, 15) is 4.79 Å². The summed E-state index contributed by atoms with van der Waals surface area (Å²) in [5.41, 5.74) is 2.58. The Hall–Kier alpha value is -2.68. The van der Waals surface area contributed by atoms with Crippen LogP contribution in [0.15, 0.2) is 52.4 Å². The van der Waals surface area contributed by atoms with Gasteiger partial charge in [-0.25, -0.2) is 14.8 Å². The number of imidazole rings is 1. The predicted molar refractivity (Wildman–Crippen MR) is 136 cm³/mol. The molecule has 0 atom stereocenters. The van der Waals surface area contributed by atoms with Gasteiger partial charge in [-0.2, -0.15) is 0 Å². The third-order valence-electron chi connectivity index (χ3n) is 5.12. The van der Waals surface area contributed by atoms with Crippen LogP contribution in [0.5, 0.6) is 5.75 Å². The molecule has 0 aliphatic heterocycles. The van der Waals surface area contributed by atoms with E-state index in [-0.39, 0.29) is 5.69 Å². The first-order valence-electron chi connectivity index (χ1n) is 10.4. The number of aromatic amines is 1. The van der Waals surface area contributed by atoms with Crippen LogP contribution in [0.25, 0.3) is 11.2 Å². The van der Waals surface area contributed by atoms with E-state index in [4.69, 9.17) is 37.9 Å². The van der Waals surface area contributed by atoms with Gasteiger partial charge in [0.2, 0.25) is 0 Å². The first-order chi connectivity index (χ1) is 15.9. The molecule has 7 nitrogen and oxygen atoms in total. The molecule has 0 radical (unpaired) electrons. The van der Waals surface area contributed by atoms with E-state index in [1.807, 2.05) is 42.3 Å². The average molecular weight is 504 g/mol. The molecule has 0 amide bonds. The van der Waals surface area contributed by atoms with E-state index in [1.54, 1.807) is 35.6 Å². The van der Waals surface area contributed by atoms with Crippen molar-refractivity contribution in [1.82, 2.24) is 19.5 Å². The van der Waals surface area contributed by atoms with Crippen LogP contribution in [0, 0.1) is 0 Å². The van der Waals surface area contributed by atoms with E-state index in [1.165, 1.54) is 0 Å². The minimum absolute atomic E-state index is 0.271. The maximum absolute atomic E-state index is 13.0. The Morgan fingerprint density at radius 1 is 1.12 bits per heavy atom. The van der Waals surface area contributed by atoms with Crippen molar-refractivity contribution >= 4 is 57.6 Å². The lowest BCUT2D eigenvalue weighted by molar-refractivity contribution is 0.415. The molecule has 1 N–H and O–H groups in total. The molecular weight excluding hydrogens is 481 g/mol. The van der Waals surface area contributed by atoms with Crippen molar-refractivity contribution in [3.63, 3.8) is 0 Å². The van der Waals surface area contributed by atoms with Crippen LogP contribution < -0.4 is 15.3 Å². The molecule has 2 aromatic heterocycles. The second-order valence-corrected chi connectivity index (χ2v) is 9.28. The number of benzene rings is 2. The Morgan fingerprint density at radius 2 is 1.88 bits per heavy atom. The molecule has 2 heterocycles. The van der Waals surface area contributed by atoms with E-state index < -0.39 is 0 Å². The fourth-order valence-corrected chi connectivity index (χ4v) is 4.40. The smallest absolute Gasteiger partial charge is 0.328 e. The maximum atomic E-state index is 13.0. The molecule has 0 saturated heterocycles. The van der Waals surface area contributed by atoms with Gasteiger partial charge in [-0.1, -0.05) is 48.0 Å². The Labute approximate surface area is 205 Å². The van der Waals surface area contributed by atoms with Crippen LogP contribution in [-0.4, -0.2) is 39.4 Å². The molecule has 2 aromatic carbocycles. The van der Waals surface area contributed by atoms with E-state index in [2.05, 4.69) is 11.9 Å². The zero-order chi connectivity index (χ0) is 23.5. The van der Waals surface area contributed by atoms with Crippen molar-refractivity contribution in [1.29, 1.82) is 0 Å². The SMILES string of the molecule is CCCSc1nc(N(C)c2ccc(OC)cc2)c2[nH]c(=O)n(Cc3ccc(Cl)c(Cl)c3)c2n1. The number of thioether (sulfide) groups is 1. The van der Waals surface area contributed by atoms with E-state index in [0.29, 0.717) is 38.7 Å². The van der Waals surface area contributed by atoms with Crippen LogP contribution in [0.1, 0.15) is 18.9 Å². The monoisotopic (exact) mass is 503 g/mol. The molecular formula is C23H23Cl2N5O2S. The number of hydrogen-bond acceptors (Lipinski definition) is 6. The van der Waals surface area contributed by atoms with Crippen molar-refractivity contribution in [3.05, 3.63) is 68.6 Å². The van der Waals surface area contributed by atoms with Crippen molar-refractivity contribution in [2.45, 2.75) is 25.0 Å². The lowest BCUT2D eigenvalue weighted by atomic mass is 10.2. The van der Waals surface area contributed by atoms with Gasteiger partial charge in [0.1, 0.15) is 11.3 Å². The van der Waals surface area contributed by atoms with Gasteiger partial charge < -0.3 is 14.6 Å². The van der Waals surface area contributed by atoms with Crippen molar-refractivity contribution in [2.75, 3.05) is 24.8 Å². The number of hydrogen-bond donors (Lipinski definition) is 1. The van der Waals surface area contributed by atoms with Crippen LogP contribution in [-0.2, 0) is 6.54 Å². The van der Waals surface area contributed by atoms with E-state index in [0.717, 1.165) is 29.2 Å². The molecule has 0 unspecified atom stereocenters. The Bertz CT molecular complexity index is 1340. The van der Waals surface area contributed by atoms with Gasteiger partial charge in [0.25, 0.3) is 0 Å². The first-order valence-corrected chi connectivity index (χ1v) is 12.1. The summed E-state index contributed by atoms with van der Waals surface area (Å²) >= 11 is 13.8. The van der Waals surface area contributed by atoms with Crippen molar-refractivity contribution < 1.29 is 4.74 Å². The Morgan fingerprint density at radius 3 is 2.55 bits per heavy atom. The highest BCUT2D eigenvalue weighted by molar-refractivity contribution is 7.99. The molecule has 10 heteroatoms. The summed E-state index contributed by atoms with van der Waals surface area (Å²) in [5.74, 6) is 2.26. The molecule has 0 fully saturated rings. The Kier molecular flexibility index (Phi) is 7.17. The van der Waals surface area contributed by atoms with Crippen LogP contribution >= 0.6 is 35.0 Å². The molecule has 0 aliphatic rings. The summed E-state index contributed by atoms with van der Waals surface area (Å²) in [6.07, 6.45) is 0.985. The molecule has 0 saturated carbocycles. The standard InChI is InChI=1S/C23H23Cl2N5O2S/c1-4-11-33-22-27-20(29(2)15-6-8-16(32-3)9-7-15)19-21(28-22)30(23(31)26-19)13-14-5-10-17(24)18(25)12-14/h5-10,12H,4,11,13H2,1-3H3,(H,26,31). The molecule has 0 aliphatic carbocycles. The lowest BCUT2D eigenvalue weighted by Crippen LogP contribution is -2.17. The third kappa shape index (κ3) is 4.98. The number of fused-ring (bicyclic) bond motifs is 1. The van der Waals surface area contributed by atoms with Crippen LogP contribution in [0.4, 0.5) is 11.5 Å². The van der Waals surface area contributed by atoms with Gasteiger partial charge in [0, 0.05) is 18.5 Å². The summed E-state index contributed by atoms with van der Waals surface area (Å²) in [7, 11) is 3.54. The summed E-state index contributed by atoms with van der Waals surface area (Å²) in [4.78, 5) is 27.3. The molecule has 4 rings (SSSR count). The van der Waals surface area contributed by atoms with Gasteiger partial charge in [-0.15, -0.1) is 0 Å². The summed E-state index contributed by atoms with van der Waals surface area (Å²) in [5, 5.41) is 1.52. The maximum Gasteiger partial charge on any atom is 0.328 e. The minimum atomic E-state index is -0.271. The van der Waals surface area contributed by atoms with Crippen LogP contribution in [0.2, 0.25) is 10.0 Å². The van der Waals surface area contributed by atoms with E-state index >= 15 is 0 Å². The normalized spacial score (nSPS) is 11.2. The van der Waals surface area contributed by atoms with Gasteiger partial charge in [-0.3, -0.25) is 4.57 Å². The number of methoxy groups -OCH3 is 1. The van der Waals surface area contributed by atoms with Gasteiger partial charge in [0.15, 0.2) is 16.6 Å². The van der Waals surface area contributed by atoms with Gasteiger partial charge in [0.05, 0.1) is 23.7 Å².